The summed E-state index contributed by atoms with van der Waals surface area (Å²) in [6, 6.07) is 54.6. The molecule has 2 unspecified atom stereocenters. The van der Waals surface area contributed by atoms with Gasteiger partial charge in [-0.2, -0.15) is 6.07 Å². The van der Waals surface area contributed by atoms with Crippen LogP contribution in [0.15, 0.2) is 158 Å². The van der Waals surface area contributed by atoms with Crippen LogP contribution in [0.4, 0.5) is 34.1 Å². The zero-order valence-corrected chi connectivity index (χ0v) is 69.3. The van der Waals surface area contributed by atoms with Gasteiger partial charge in [0.25, 0.3) is 0 Å². The summed E-state index contributed by atoms with van der Waals surface area (Å²) in [6.45, 7) is 3.98. The van der Waals surface area contributed by atoms with Gasteiger partial charge >= 0.3 is 138 Å². The number of nitrogens with zero attached hydrogens (tertiary/aromatic N) is 6. The summed E-state index contributed by atoms with van der Waals surface area (Å²) >= 11 is 0. The van der Waals surface area contributed by atoms with Crippen molar-refractivity contribution < 1.29 is 196 Å². The number of fused-ring (bicyclic) bond motifs is 5. The number of aromatic carboxylic acids is 1. The molecule has 1 aliphatic carbocycles. The van der Waals surface area contributed by atoms with E-state index in [1.165, 1.54) is 11.1 Å². The van der Waals surface area contributed by atoms with Gasteiger partial charge in [-0.3, -0.25) is 0 Å². The maximum atomic E-state index is 13.7. The number of carbonyl (C=O) groups excluding carboxylic acids is 2. The van der Waals surface area contributed by atoms with Crippen LogP contribution in [0.25, 0.3) is 33.4 Å². The Morgan fingerprint density at radius 2 is 0.821 bits per heavy atom. The van der Waals surface area contributed by atoms with Crippen LogP contribution in [0, 0.1) is 0 Å². The summed E-state index contributed by atoms with van der Waals surface area (Å²) in [6.07, 6.45) is 2.13. The van der Waals surface area contributed by atoms with Gasteiger partial charge in [-0.1, -0.05) is 84.4 Å². The summed E-state index contributed by atoms with van der Waals surface area (Å²) in [7, 11) is 20.0. The van der Waals surface area contributed by atoms with E-state index in [-0.39, 0.29) is 199 Å². The number of methoxy groups -OCH3 is 2. The molecular weight excluding hydrogens is 1440 g/mol. The van der Waals surface area contributed by atoms with E-state index in [9.17, 15) is 14.7 Å². The monoisotopic (exact) mass is 1530 g/mol. The Morgan fingerprint density at radius 3 is 1.23 bits per heavy atom. The van der Waals surface area contributed by atoms with E-state index >= 15 is 0 Å². The van der Waals surface area contributed by atoms with Crippen molar-refractivity contribution in [3.8, 4) is 44.9 Å². The first kappa shape index (κ1) is 75.9. The molecule has 0 aromatic heterocycles. The SMILES string of the molecule is COCCOCCOCCOc1ccc(C2(c3ccc(OCCOCCOCCOC)c(C(=O)[O-])c3)c3cc(-c4ccc5c(c4)N(C)C(c4ccc(N(C)C)cc4)N5C)ccc3-c3ccc(-c4ccc5c(c4)N(C)C(c4ccc(N(C)C)cc4)N5C)cc32)cc1[C-]=O.[Cs+].[Cs+].[OH-]. The summed E-state index contributed by atoms with van der Waals surface area (Å²) in [5.74, 6) is -0.975. The van der Waals surface area contributed by atoms with Crippen LogP contribution < -0.4 is 182 Å². The number of ether oxygens (including phenoxy) is 8. The van der Waals surface area contributed by atoms with Gasteiger partial charge in [0.15, 0.2) is 0 Å². The number of rotatable bonds is 30. The molecule has 0 radical (unpaired) electrons. The maximum Gasteiger partial charge on any atom is 1.00 e. The third-order valence-corrected chi connectivity index (χ3v) is 17.9. The number of carbonyl (C=O) groups is 1. The van der Waals surface area contributed by atoms with Crippen molar-refractivity contribution in [2.75, 3.05) is 179 Å². The number of hydrogen-bond donors (Lipinski definition) is 0. The van der Waals surface area contributed by atoms with Crippen LogP contribution in [0.1, 0.15) is 61.6 Å². The van der Waals surface area contributed by atoms with Crippen molar-refractivity contribution in [1.82, 2.24) is 0 Å². The van der Waals surface area contributed by atoms with E-state index in [1.54, 1.807) is 32.4 Å². The van der Waals surface area contributed by atoms with Crippen molar-refractivity contribution in [2.45, 2.75) is 17.7 Å². The van der Waals surface area contributed by atoms with E-state index in [4.69, 9.17) is 37.9 Å². The molecule has 11 rings (SSSR count). The molecule has 2 atom stereocenters. The fourth-order valence-electron chi connectivity index (χ4n) is 13.2. The molecule has 0 saturated heterocycles. The van der Waals surface area contributed by atoms with E-state index in [0.717, 1.165) is 78.6 Å². The third kappa shape index (κ3) is 16.1. The molecule has 0 amide bonds. The Kier molecular flexibility index (Phi) is 27.8. The number of carboxylic acids is 1. The summed E-state index contributed by atoms with van der Waals surface area (Å²) in [5.41, 5.74) is 16.4. The van der Waals surface area contributed by atoms with Gasteiger partial charge in [-0.25, -0.2) is 0 Å². The zero-order chi connectivity index (χ0) is 64.6. The summed E-state index contributed by atoms with van der Waals surface area (Å²) in [5, 5.41) is 13.7. The minimum Gasteiger partial charge on any atom is -0.870 e. The molecule has 488 valence electrons. The molecular formula is C75H83Cs2N6O12-. The predicted molar refractivity (Wildman–Crippen MR) is 364 cm³/mol. The quantitative estimate of drug-likeness (QED) is 0.0455. The molecule has 2 heterocycles. The first-order valence-electron chi connectivity index (χ1n) is 31.2. The fraction of sp³-hybridized carbons (Fsp3) is 0.333. The molecule has 1 N–H and O–H groups in total. The largest absolute Gasteiger partial charge is 1.00 e. The standard InChI is InChI=1S/C75H83N6O11.2Cs.H2O/c1-76(2)59-21-11-50(12-22-59)72-78(5)66-27-17-54(46-68(66)80(72)7)52-15-25-61-62-26-16-53(55-18-28-67-69(47-55)81(8)73(79(67)6)51-13-23-60(24-14-51)77(3)4)45-65(62)75(64(61)44-52,57-19-29-70(56(43-57)49-82)91-41-39-89-37-35-87-33-31-85-9)58-20-30-71(63(48-58)74(83)84)92-42-40-90-38-36-88-34-32-86-10;;;/h11-30,43-48,72-73H,31-42H2,1-10H3,(H,83,84);;;1H2/q-1;2*+1;/p-2. The smallest absolute Gasteiger partial charge is 0.870 e. The average molecular weight is 1530 g/mol. The summed E-state index contributed by atoms with van der Waals surface area (Å²) in [4.78, 5) is 40.6. The summed E-state index contributed by atoms with van der Waals surface area (Å²) < 4.78 is 45.4. The Balaban J connectivity index is 0.00000385. The van der Waals surface area contributed by atoms with Gasteiger partial charge < -0.3 is 87.5 Å². The fourth-order valence-corrected chi connectivity index (χ4v) is 13.2. The second-order valence-corrected chi connectivity index (χ2v) is 23.8. The van der Waals surface area contributed by atoms with E-state index in [0.29, 0.717) is 69.7 Å². The first-order valence-corrected chi connectivity index (χ1v) is 31.2. The van der Waals surface area contributed by atoms with Crippen molar-refractivity contribution in [1.29, 1.82) is 0 Å². The van der Waals surface area contributed by atoms with Crippen LogP contribution >= 0.6 is 0 Å². The Labute approximate surface area is 676 Å². The van der Waals surface area contributed by atoms with Gasteiger partial charge in [0, 0.05) is 93.3 Å². The molecule has 3 aliphatic rings. The second kappa shape index (κ2) is 34.8. The normalized spacial score (nSPS) is 15.6. The molecule has 0 saturated carbocycles. The van der Waals surface area contributed by atoms with Crippen LogP contribution in [-0.4, -0.2) is 168 Å². The number of carboxylic acid groups (broad SMARTS) is 1. The average Bonchev–Trinajstić information content (AvgIpc) is 1.55. The van der Waals surface area contributed by atoms with Gasteiger partial charge in [0.1, 0.15) is 24.7 Å². The third-order valence-electron chi connectivity index (χ3n) is 17.9. The Morgan fingerprint density at radius 1 is 0.453 bits per heavy atom. The number of anilines is 6. The molecule has 0 fully saturated rings. The van der Waals surface area contributed by atoms with E-state index in [1.807, 2.05) is 46.4 Å². The topological polar surface area (TPSA) is 180 Å². The molecule has 8 aromatic carbocycles. The molecule has 0 spiro atoms. The van der Waals surface area contributed by atoms with Gasteiger partial charge in [-0.05, 0) is 134 Å². The van der Waals surface area contributed by atoms with Crippen molar-refractivity contribution in [2.24, 2.45) is 0 Å². The number of benzene rings is 8. The zero-order valence-electron chi connectivity index (χ0n) is 56.8. The second-order valence-electron chi connectivity index (χ2n) is 23.8. The first-order chi connectivity index (χ1) is 44.7. The van der Waals surface area contributed by atoms with Gasteiger partial charge in [0.2, 0.25) is 0 Å². The molecule has 0 bridgehead atoms. The molecule has 20 heteroatoms. The van der Waals surface area contributed by atoms with Crippen LogP contribution in [0.3, 0.4) is 0 Å². The predicted octanol–water partition coefficient (Wildman–Crippen LogP) is 4.45. The van der Waals surface area contributed by atoms with Crippen molar-refractivity contribution >= 4 is 46.4 Å². The number of hydrogen-bond acceptors (Lipinski definition) is 18. The van der Waals surface area contributed by atoms with Gasteiger partial charge in [-0.15, -0.1) is 5.56 Å². The Hall–Kier alpha value is -4.88. The van der Waals surface area contributed by atoms with E-state index in [2.05, 4.69) is 185 Å². The molecule has 2 aliphatic heterocycles. The van der Waals surface area contributed by atoms with Crippen LogP contribution in [0.2, 0.25) is 0 Å². The van der Waals surface area contributed by atoms with Crippen LogP contribution in [-0.2, 0) is 38.6 Å². The maximum absolute atomic E-state index is 13.7. The molecule has 18 nitrogen and oxygen atoms in total. The van der Waals surface area contributed by atoms with Crippen molar-refractivity contribution in [3.05, 3.63) is 202 Å². The molecule has 8 aromatic rings. The van der Waals surface area contributed by atoms with Gasteiger partial charge in [0.05, 0.1) is 113 Å². The minimum atomic E-state index is -1.42. The van der Waals surface area contributed by atoms with Crippen molar-refractivity contribution in [3.63, 3.8) is 0 Å². The molecule has 95 heavy (non-hydrogen) atoms. The van der Waals surface area contributed by atoms with E-state index < -0.39 is 11.4 Å². The minimum absolute atomic E-state index is 0. The van der Waals surface area contributed by atoms with Crippen LogP contribution in [0.5, 0.6) is 11.5 Å². The Bertz CT molecular complexity index is 3740.